The van der Waals surface area contributed by atoms with E-state index in [0.29, 0.717) is 5.75 Å². The highest BCUT2D eigenvalue weighted by Gasteiger charge is 1.85. The largest absolute Gasteiger partial charge is 0.257 e. The molecule has 0 bridgehead atoms. The van der Waals surface area contributed by atoms with Crippen LogP contribution in [-0.2, 0) is 19.7 Å². The van der Waals surface area contributed by atoms with Crippen molar-refractivity contribution in [1.29, 1.82) is 0 Å². The third-order valence-corrected chi connectivity index (χ3v) is 2.28. The Morgan fingerprint density at radius 1 is 1.83 bits per heavy atom. The molecule has 0 aromatic carbocycles. The molecule has 0 aromatic rings. The second kappa shape index (κ2) is 1.89. The third-order valence-electron chi connectivity index (χ3n) is 0.524. The summed E-state index contributed by atoms with van der Waals surface area (Å²) in [5.74, 6) is 0.613. The predicted octanol–water partition coefficient (Wildman–Crippen LogP) is 0.382. The molecule has 0 N–H and O–H groups in total. The average molecular weight is 124 g/mol. The summed E-state index contributed by atoms with van der Waals surface area (Å²) >= 11 is 4.51. The van der Waals surface area contributed by atoms with E-state index in [1.807, 2.05) is 6.92 Å². The molecule has 3 heteroatoms. The molecule has 0 saturated heterocycles. The maximum atomic E-state index is 10.4. The molecule has 0 rings (SSSR count). The zero-order chi connectivity index (χ0) is 5.21. The van der Waals surface area contributed by atoms with Crippen LogP contribution in [0, 0.1) is 0 Å². The van der Waals surface area contributed by atoms with Crippen molar-refractivity contribution in [1.82, 2.24) is 0 Å². The molecule has 0 spiro atoms. The number of hydrogen-bond acceptors (Lipinski definition) is 2. The Kier molecular flexibility index (Phi) is 2.00. The first-order valence-corrected chi connectivity index (χ1v) is 4.80. The van der Waals surface area contributed by atoms with Gasteiger partial charge in [0.15, 0.2) is 0 Å². The lowest BCUT2D eigenvalue weighted by Crippen LogP contribution is -1.94. The molecule has 0 aliphatic heterocycles. The van der Waals surface area contributed by atoms with E-state index in [1.165, 1.54) is 0 Å². The Bertz CT molecular complexity index is 111. The summed E-state index contributed by atoms with van der Waals surface area (Å²) in [6.07, 6.45) is 1.59. The Labute approximate surface area is 43.4 Å². The van der Waals surface area contributed by atoms with Crippen molar-refractivity contribution in [2.75, 3.05) is 12.0 Å². The lowest BCUT2D eigenvalue weighted by molar-refractivity contribution is 0.686. The molecule has 0 fully saturated rings. The van der Waals surface area contributed by atoms with Gasteiger partial charge >= 0.3 is 0 Å². The maximum Gasteiger partial charge on any atom is 0.0279 e. The summed E-state index contributed by atoms with van der Waals surface area (Å²) < 4.78 is 10.4. The topological polar surface area (TPSA) is 17.1 Å². The van der Waals surface area contributed by atoms with E-state index in [9.17, 15) is 4.21 Å². The van der Waals surface area contributed by atoms with E-state index < -0.39 is 8.49 Å². The van der Waals surface area contributed by atoms with Gasteiger partial charge in [-0.15, -0.1) is 0 Å². The van der Waals surface area contributed by atoms with Crippen molar-refractivity contribution in [3.8, 4) is 0 Å². The second-order valence-corrected chi connectivity index (χ2v) is 5.76. The highest BCUT2D eigenvalue weighted by molar-refractivity contribution is 8.32. The lowest BCUT2D eigenvalue weighted by Gasteiger charge is -1.85. The van der Waals surface area contributed by atoms with Crippen LogP contribution in [0.2, 0.25) is 0 Å². The van der Waals surface area contributed by atoms with Crippen molar-refractivity contribution in [2.45, 2.75) is 6.92 Å². The van der Waals surface area contributed by atoms with Gasteiger partial charge in [-0.1, -0.05) is 6.92 Å². The van der Waals surface area contributed by atoms with Crippen molar-refractivity contribution in [3.63, 3.8) is 0 Å². The first-order chi connectivity index (χ1) is 2.56. The Morgan fingerprint density at radius 2 is 2.00 bits per heavy atom. The van der Waals surface area contributed by atoms with Crippen LogP contribution in [-0.4, -0.2) is 16.2 Å². The summed E-state index contributed by atoms with van der Waals surface area (Å²) in [7, 11) is -1.83. The van der Waals surface area contributed by atoms with Crippen LogP contribution in [0.5, 0.6) is 0 Å². The molecule has 6 heavy (non-hydrogen) atoms. The molecule has 0 heterocycles. The molecule has 0 amide bonds. The summed E-state index contributed by atoms with van der Waals surface area (Å²) in [6.45, 7) is 1.83. The van der Waals surface area contributed by atoms with Crippen molar-refractivity contribution in [3.05, 3.63) is 0 Å². The molecular formula is C3H8OS2. The van der Waals surface area contributed by atoms with Gasteiger partial charge < -0.3 is 0 Å². The van der Waals surface area contributed by atoms with Crippen LogP contribution < -0.4 is 0 Å². The summed E-state index contributed by atoms with van der Waals surface area (Å²) in [5, 5.41) is 0. The zero-order valence-electron chi connectivity index (χ0n) is 3.93. The van der Waals surface area contributed by atoms with E-state index in [2.05, 4.69) is 11.2 Å². The van der Waals surface area contributed by atoms with Gasteiger partial charge in [0, 0.05) is 20.5 Å². The first-order valence-electron chi connectivity index (χ1n) is 1.74. The normalized spacial score (nSPS) is 19.7. The summed E-state index contributed by atoms with van der Waals surface area (Å²) in [4.78, 5) is 0. The summed E-state index contributed by atoms with van der Waals surface area (Å²) in [5.41, 5.74) is 0. The SMILES string of the molecule is CCS(C)(=O)=S. The summed E-state index contributed by atoms with van der Waals surface area (Å²) in [6, 6.07) is 0. The smallest absolute Gasteiger partial charge is 0.0279 e. The minimum atomic E-state index is -1.83. The van der Waals surface area contributed by atoms with Crippen molar-refractivity contribution < 1.29 is 4.21 Å². The van der Waals surface area contributed by atoms with Gasteiger partial charge in [0.1, 0.15) is 0 Å². The van der Waals surface area contributed by atoms with Gasteiger partial charge in [0.25, 0.3) is 0 Å². The van der Waals surface area contributed by atoms with Crippen LogP contribution in [0.3, 0.4) is 0 Å². The Hall–Kier alpha value is 0.370. The Balaban J connectivity index is 3.85. The fraction of sp³-hybridized carbons (Fsp3) is 1.00. The quantitative estimate of drug-likeness (QED) is 0.503. The lowest BCUT2D eigenvalue weighted by atomic mass is 11.0. The average Bonchev–Trinajstić information content (AvgIpc) is 1.35. The van der Waals surface area contributed by atoms with Crippen LogP contribution in [0.4, 0.5) is 0 Å². The predicted molar refractivity (Wildman–Crippen MR) is 32.0 cm³/mol. The highest BCUT2D eigenvalue weighted by atomic mass is 32.8. The van der Waals surface area contributed by atoms with Crippen LogP contribution in [0.15, 0.2) is 0 Å². The molecule has 1 atom stereocenters. The van der Waals surface area contributed by atoms with E-state index in [4.69, 9.17) is 0 Å². The molecule has 0 aliphatic rings. The number of hydrogen-bond donors (Lipinski definition) is 0. The fourth-order valence-electron chi connectivity index (χ4n) is 0. The van der Waals surface area contributed by atoms with E-state index in [1.54, 1.807) is 6.26 Å². The fourth-order valence-corrected chi connectivity index (χ4v) is 0. The Morgan fingerprint density at radius 3 is 2.00 bits per heavy atom. The van der Waals surface area contributed by atoms with Crippen LogP contribution >= 0.6 is 0 Å². The zero-order valence-corrected chi connectivity index (χ0v) is 5.56. The van der Waals surface area contributed by atoms with Crippen LogP contribution in [0.25, 0.3) is 0 Å². The molecule has 0 saturated carbocycles. The standard InChI is InChI=1S/C3H8OS2/c1-3-6(2,4)5/h3H2,1-2H3. The van der Waals surface area contributed by atoms with Gasteiger partial charge in [-0.2, -0.15) is 0 Å². The molecule has 38 valence electrons. The molecule has 0 radical (unpaired) electrons. The van der Waals surface area contributed by atoms with Crippen molar-refractivity contribution >= 4 is 19.7 Å². The molecule has 1 unspecified atom stereocenters. The molecule has 0 aliphatic carbocycles. The van der Waals surface area contributed by atoms with E-state index >= 15 is 0 Å². The molecule has 1 nitrogen and oxygen atoms in total. The van der Waals surface area contributed by atoms with Crippen LogP contribution in [0.1, 0.15) is 6.92 Å². The third kappa shape index (κ3) is 4.37. The van der Waals surface area contributed by atoms with Crippen molar-refractivity contribution in [2.24, 2.45) is 0 Å². The van der Waals surface area contributed by atoms with E-state index in [0.717, 1.165) is 0 Å². The number of rotatable bonds is 1. The minimum Gasteiger partial charge on any atom is -0.257 e. The minimum absolute atomic E-state index is 0.613. The van der Waals surface area contributed by atoms with Gasteiger partial charge in [-0.25, -0.2) is 0 Å². The highest BCUT2D eigenvalue weighted by Crippen LogP contribution is 1.77. The molecule has 0 aromatic heterocycles. The first kappa shape index (κ1) is 6.37. The van der Waals surface area contributed by atoms with Gasteiger partial charge in [0.2, 0.25) is 0 Å². The van der Waals surface area contributed by atoms with Gasteiger partial charge in [0.05, 0.1) is 0 Å². The second-order valence-electron chi connectivity index (χ2n) is 1.21. The maximum absolute atomic E-state index is 10.4. The molecular weight excluding hydrogens is 116 g/mol. The van der Waals surface area contributed by atoms with Gasteiger partial charge in [-0.05, 0) is 11.2 Å². The van der Waals surface area contributed by atoms with Gasteiger partial charge in [-0.3, -0.25) is 4.21 Å². The monoisotopic (exact) mass is 124 g/mol. The van der Waals surface area contributed by atoms with E-state index in [-0.39, 0.29) is 0 Å².